The van der Waals surface area contributed by atoms with Crippen molar-refractivity contribution in [2.75, 3.05) is 0 Å². The van der Waals surface area contributed by atoms with Crippen molar-refractivity contribution in [1.82, 2.24) is 10.2 Å². The van der Waals surface area contributed by atoms with Gasteiger partial charge in [-0.1, -0.05) is 59.6 Å². The molecule has 0 fully saturated rings. The van der Waals surface area contributed by atoms with Gasteiger partial charge in [-0.05, 0) is 51.0 Å². The summed E-state index contributed by atoms with van der Waals surface area (Å²) in [6, 6.07) is 14.1. The first-order valence-corrected chi connectivity index (χ1v) is 9.92. The van der Waals surface area contributed by atoms with Gasteiger partial charge in [0.1, 0.15) is 6.04 Å². The van der Waals surface area contributed by atoms with E-state index in [1.54, 1.807) is 30.0 Å². The second-order valence-electron chi connectivity index (χ2n) is 7.80. The Morgan fingerprint density at radius 1 is 1.00 bits per heavy atom. The molecule has 150 valence electrons. The van der Waals surface area contributed by atoms with Crippen molar-refractivity contribution in [1.29, 1.82) is 0 Å². The standard InChI is InChI=1S/C22H26Cl2N2O2/c1-15(21(28)25-22(2,3)4)26(14-16-9-6-5-7-10-16)20(27)13-17-18(23)11-8-12-19(17)24/h5-12,15H,13-14H2,1-4H3,(H,25,28)/t15-/m0/s1. The number of benzene rings is 2. The number of hydrogen-bond donors (Lipinski definition) is 1. The van der Waals surface area contributed by atoms with Crippen LogP contribution in [0, 0.1) is 0 Å². The fourth-order valence-corrected chi connectivity index (χ4v) is 3.32. The highest BCUT2D eigenvalue weighted by atomic mass is 35.5. The van der Waals surface area contributed by atoms with Crippen LogP contribution in [0.1, 0.15) is 38.8 Å². The molecule has 2 aromatic rings. The second-order valence-corrected chi connectivity index (χ2v) is 8.61. The summed E-state index contributed by atoms with van der Waals surface area (Å²) < 4.78 is 0. The van der Waals surface area contributed by atoms with Gasteiger partial charge in [-0.25, -0.2) is 0 Å². The maximum absolute atomic E-state index is 13.2. The van der Waals surface area contributed by atoms with Crippen molar-refractivity contribution in [2.45, 2.75) is 52.2 Å². The van der Waals surface area contributed by atoms with Gasteiger partial charge < -0.3 is 10.2 Å². The molecule has 0 aliphatic carbocycles. The van der Waals surface area contributed by atoms with Crippen LogP contribution in [0.5, 0.6) is 0 Å². The molecule has 2 amide bonds. The van der Waals surface area contributed by atoms with Gasteiger partial charge in [-0.3, -0.25) is 9.59 Å². The quantitative estimate of drug-likeness (QED) is 0.724. The topological polar surface area (TPSA) is 49.4 Å². The molecule has 0 unspecified atom stereocenters. The molecule has 2 aromatic carbocycles. The highest BCUT2D eigenvalue weighted by Gasteiger charge is 2.29. The Morgan fingerprint density at radius 3 is 2.11 bits per heavy atom. The highest BCUT2D eigenvalue weighted by molar-refractivity contribution is 6.36. The van der Waals surface area contributed by atoms with Crippen molar-refractivity contribution >= 4 is 35.0 Å². The van der Waals surface area contributed by atoms with E-state index in [0.29, 0.717) is 22.2 Å². The number of carbonyl (C=O) groups excluding carboxylic acids is 2. The first kappa shape index (κ1) is 22.3. The van der Waals surface area contributed by atoms with Crippen LogP contribution in [-0.4, -0.2) is 28.3 Å². The predicted molar refractivity (Wildman–Crippen MR) is 115 cm³/mol. The third-order valence-electron chi connectivity index (χ3n) is 4.25. The summed E-state index contributed by atoms with van der Waals surface area (Å²) in [6.45, 7) is 7.77. The fourth-order valence-electron chi connectivity index (χ4n) is 2.79. The van der Waals surface area contributed by atoms with Gasteiger partial charge in [0, 0.05) is 22.1 Å². The molecule has 6 heteroatoms. The fraction of sp³-hybridized carbons (Fsp3) is 0.364. The van der Waals surface area contributed by atoms with E-state index in [2.05, 4.69) is 5.32 Å². The Bertz CT molecular complexity index is 812. The van der Waals surface area contributed by atoms with Crippen LogP contribution in [-0.2, 0) is 22.6 Å². The van der Waals surface area contributed by atoms with Crippen LogP contribution in [0.25, 0.3) is 0 Å². The van der Waals surface area contributed by atoms with E-state index in [1.165, 1.54) is 0 Å². The molecular weight excluding hydrogens is 395 g/mol. The summed E-state index contributed by atoms with van der Waals surface area (Å²) >= 11 is 12.5. The highest BCUT2D eigenvalue weighted by Crippen LogP contribution is 2.26. The minimum atomic E-state index is -0.645. The minimum Gasteiger partial charge on any atom is -0.350 e. The van der Waals surface area contributed by atoms with Crippen molar-refractivity contribution in [2.24, 2.45) is 0 Å². The van der Waals surface area contributed by atoms with Crippen LogP contribution in [0.3, 0.4) is 0 Å². The van der Waals surface area contributed by atoms with Gasteiger partial charge in [-0.2, -0.15) is 0 Å². The molecule has 28 heavy (non-hydrogen) atoms. The minimum absolute atomic E-state index is 0.0263. The maximum atomic E-state index is 13.2. The molecule has 0 heterocycles. The third kappa shape index (κ3) is 6.25. The average molecular weight is 421 g/mol. The van der Waals surface area contributed by atoms with E-state index < -0.39 is 11.6 Å². The normalized spacial score (nSPS) is 12.4. The van der Waals surface area contributed by atoms with Crippen molar-refractivity contribution in [3.63, 3.8) is 0 Å². The number of hydrogen-bond acceptors (Lipinski definition) is 2. The lowest BCUT2D eigenvalue weighted by Crippen LogP contribution is -2.52. The van der Waals surface area contributed by atoms with Crippen LogP contribution < -0.4 is 5.32 Å². The summed E-state index contributed by atoms with van der Waals surface area (Å²) in [5.74, 6) is -0.419. The maximum Gasteiger partial charge on any atom is 0.242 e. The number of amides is 2. The molecule has 1 N–H and O–H groups in total. The lowest BCUT2D eigenvalue weighted by Gasteiger charge is -2.31. The zero-order chi connectivity index (χ0) is 20.9. The Balaban J connectivity index is 2.29. The van der Waals surface area contributed by atoms with Gasteiger partial charge in [-0.15, -0.1) is 0 Å². The summed E-state index contributed by atoms with van der Waals surface area (Å²) in [5, 5.41) is 3.82. The molecule has 0 saturated carbocycles. The smallest absolute Gasteiger partial charge is 0.242 e. The van der Waals surface area contributed by atoms with E-state index >= 15 is 0 Å². The average Bonchev–Trinajstić information content (AvgIpc) is 2.61. The van der Waals surface area contributed by atoms with E-state index in [-0.39, 0.29) is 18.2 Å². The van der Waals surface area contributed by atoms with Crippen molar-refractivity contribution in [3.05, 3.63) is 69.7 Å². The molecule has 0 spiro atoms. The largest absolute Gasteiger partial charge is 0.350 e. The van der Waals surface area contributed by atoms with E-state index in [4.69, 9.17) is 23.2 Å². The lowest BCUT2D eigenvalue weighted by molar-refractivity contribution is -0.140. The summed E-state index contributed by atoms with van der Waals surface area (Å²) in [6.07, 6.45) is 0.0263. The molecule has 2 rings (SSSR count). The first-order chi connectivity index (χ1) is 13.1. The molecule has 0 saturated heterocycles. The molecule has 0 bridgehead atoms. The van der Waals surface area contributed by atoms with E-state index in [1.807, 2.05) is 51.1 Å². The first-order valence-electron chi connectivity index (χ1n) is 9.17. The van der Waals surface area contributed by atoms with E-state index in [9.17, 15) is 9.59 Å². The van der Waals surface area contributed by atoms with Crippen molar-refractivity contribution < 1.29 is 9.59 Å². The molecule has 4 nitrogen and oxygen atoms in total. The molecule has 0 aliphatic rings. The Hall–Kier alpha value is -2.04. The van der Waals surface area contributed by atoms with Gasteiger partial charge >= 0.3 is 0 Å². The zero-order valence-electron chi connectivity index (χ0n) is 16.6. The Kier molecular flexibility index (Phi) is 7.50. The molecule has 1 atom stereocenters. The summed E-state index contributed by atoms with van der Waals surface area (Å²) in [7, 11) is 0. The van der Waals surface area contributed by atoms with Gasteiger partial charge in [0.25, 0.3) is 0 Å². The Morgan fingerprint density at radius 2 is 1.57 bits per heavy atom. The van der Waals surface area contributed by atoms with Crippen LogP contribution in [0.2, 0.25) is 10.0 Å². The van der Waals surface area contributed by atoms with Gasteiger partial charge in [0.2, 0.25) is 11.8 Å². The summed E-state index contributed by atoms with van der Waals surface area (Å²) in [4.78, 5) is 27.5. The lowest BCUT2D eigenvalue weighted by atomic mass is 10.1. The Labute approximate surface area is 176 Å². The number of rotatable bonds is 6. The molecular formula is C22H26Cl2N2O2. The third-order valence-corrected chi connectivity index (χ3v) is 4.96. The van der Waals surface area contributed by atoms with Crippen LogP contribution in [0.15, 0.2) is 48.5 Å². The zero-order valence-corrected chi connectivity index (χ0v) is 18.1. The summed E-state index contributed by atoms with van der Waals surface area (Å²) in [5.41, 5.74) is 1.12. The van der Waals surface area contributed by atoms with Gasteiger partial charge in [0.15, 0.2) is 0 Å². The number of nitrogens with zero attached hydrogens (tertiary/aromatic N) is 1. The molecule has 0 radical (unpaired) electrons. The van der Waals surface area contributed by atoms with Crippen molar-refractivity contribution in [3.8, 4) is 0 Å². The number of nitrogens with one attached hydrogen (secondary N) is 1. The monoisotopic (exact) mass is 420 g/mol. The number of halogens is 2. The number of carbonyl (C=O) groups is 2. The van der Waals surface area contributed by atoms with Crippen LogP contribution >= 0.6 is 23.2 Å². The molecule has 0 aliphatic heterocycles. The SMILES string of the molecule is C[C@@H](C(=O)NC(C)(C)C)N(Cc1ccccc1)C(=O)Cc1c(Cl)cccc1Cl. The van der Waals surface area contributed by atoms with Gasteiger partial charge in [0.05, 0.1) is 6.42 Å². The predicted octanol–water partition coefficient (Wildman–Crippen LogP) is 4.87. The second kappa shape index (κ2) is 9.44. The molecule has 0 aromatic heterocycles. The van der Waals surface area contributed by atoms with E-state index in [0.717, 1.165) is 5.56 Å². The van der Waals surface area contributed by atoms with Crippen LogP contribution in [0.4, 0.5) is 0 Å².